The molecule has 0 amide bonds. The van der Waals surface area contributed by atoms with E-state index in [9.17, 15) is 0 Å². The average Bonchev–Trinajstić information content (AvgIpc) is 2.96. The first-order valence-corrected chi connectivity index (χ1v) is 7.40. The second-order valence-corrected chi connectivity index (χ2v) is 5.96. The van der Waals surface area contributed by atoms with Crippen LogP contribution in [-0.4, -0.2) is 0 Å². The van der Waals surface area contributed by atoms with Gasteiger partial charge in [0.1, 0.15) is 0 Å². The van der Waals surface area contributed by atoms with E-state index in [1.807, 2.05) is 0 Å². The van der Waals surface area contributed by atoms with E-state index in [1.165, 1.54) is 51.4 Å². The van der Waals surface area contributed by atoms with Crippen LogP contribution < -0.4 is 0 Å². The Bertz CT molecular complexity index is 173. The zero-order valence-corrected chi connectivity index (χ0v) is 10.5. The maximum absolute atomic E-state index is 2.40. The minimum absolute atomic E-state index is 1.07. The monoisotopic (exact) mass is 208 g/mol. The maximum atomic E-state index is 2.40. The molecule has 2 rings (SSSR count). The molecule has 0 nitrogen and oxygen atoms in total. The largest absolute Gasteiger partial charge is 0.0651 e. The molecule has 0 bridgehead atoms. The van der Waals surface area contributed by atoms with Crippen molar-refractivity contribution in [2.45, 2.75) is 77.6 Å². The second kappa shape index (κ2) is 5.92. The lowest BCUT2D eigenvalue weighted by atomic mass is 9.91. The molecule has 0 saturated heterocycles. The van der Waals surface area contributed by atoms with Crippen molar-refractivity contribution in [2.24, 2.45) is 17.8 Å². The number of fused-ring (bicyclic) bond motifs is 1. The molecule has 15 heavy (non-hydrogen) atoms. The highest BCUT2D eigenvalue weighted by Gasteiger charge is 2.37. The van der Waals surface area contributed by atoms with Gasteiger partial charge in [0.2, 0.25) is 0 Å². The van der Waals surface area contributed by atoms with Crippen molar-refractivity contribution in [1.82, 2.24) is 0 Å². The van der Waals surface area contributed by atoms with Crippen LogP contribution >= 0.6 is 0 Å². The molecule has 0 heteroatoms. The van der Waals surface area contributed by atoms with E-state index in [-0.39, 0.29) is 0 Å². The van der Waals surface area contributed by atoms with Crippen LogP contribution in [-0.2, 0) is 0 Å². The Morgan fingerprint density at radius 1 is 0.733 bits per heavy atom. The third-order valence-corrected chi connectivity index (χ3v) is 4.72. The molecule has 2 fully saturated rings. The molecule has 0 aromatic heterocycles. The fourth-order valence-corrected chi connectivity index (χ4v) is 3.42. The number of hydrogen-bond donors (Lipinski definition) is 0. The Labute approximate surface area is 95.8 Å². The summed E-state index contributed by atoms with van der Waals surface area (Å²) in [5.41, 5.74) is 0. The van der Waals surface area contributed by atoms with Gasteiger partial charge >= 0.3 is 0 Å². The Balaban J connectivity index is 1.76. The predicted molar refractivity (Wildman–Crippen MR) is 66.9 cm³/mol. The Morgan fingerprint density at radius 3 is 2.13 bits per heavy atom. The molecule has 0 spiro atoms. The predicted octanol–water partition coefficient (Wildman–Crippen LogP) is 5.17. The van der Waals surface area contributed by atoms with Gasteiger partial charge in [-0.05, 0) is 30.6 Å². The summed E-state index contributed by atoms with van der Waals surface area (Å²) in [5, 5.41) is 0. The summed E-state index contributed by atoms with van der Waals surface area (Å²) < 4.78 is 0. The van der Waals surface area contributed by atoms with Crippen molar-refractivity contribution in [3.63, 3.8) is 0 Å². The highest BCUT2D eigenvalue weighted by molar-refractivity contribution is 4.87. The van der Waals surface area contributed by atoms with E-state index in [0.717, 1.165) is 17.8 Å². The van der Waals surface area contributed by atoms with Gasteiger partial charge in [0, 0.05) is 0 Å². The first kappa shape index (κ1) is 11.5. The molecule has 88 valence electrons. The Kier molecular flexibility index (Phi) is 4.53. The summed E-state index contributed by atoms with van der Waals surface area (Å²) in [7, 11) is 0. The summed E-state index contributed by atoms with van der Waals surface area (Å²) in [6.07, 6.45) is 16.7. The quantitative estimate of drug-likeness (QED) is 0.557. The number of hydrogen-bond acceptors (Lipinski definition) is 0. The average molecular weight is 208 g/mol. The zero-order chi connectivity index (χ0) is 10.5. The van der Waals surface area contributed by atoms with Gasteiger partial charge in [-0.15, -0.1) is 0 Å². The highest BCUT2D eigenvalue weighted by Crippen LogP contribution is 2.47. The molecule has 2 saturated carbocycles. The first-order valence-electron chi connectivity index (χ1n) is 7.40. The lowest BCUT2D eigenvalue weighted by Crippen LogP contribution is -2.02. The smallest absolute Gasteiger partial charge is 0.0380 e. The summed E-state index contributed by atoms with van der Waals surface area (Å²) in [5.74, 6) is 3.37. The van der Waals surface area contributed by atoms with Gasteiger partial charge in [-0.25, -0.2) is 0 Å². The molecule has 0 heterocycles. The molecular weight excluding hydrogens is 180 g/mol. The molecule has 0 aliphatic heterocycles. The highest BCUT2D eigenvalue weighted by atomic mass is 14.4. The maximum Gasteiger partial charge on any atom is -0.0380 e. The topological polar surface area (TPSA) is 0 Å². The molecule has 2 aliphatic rings. The van der Waals surface area contributed by atoms with E-state index in [2.05, 4.69) is 6.92 Å². The van der Waals surface area contributed by atoms with Crippen LogP contribution in [0.5, 0.6) is 0 Å². The minimum Gasteiger partial charge on any atom is -0.0651 e. The molecule has 0 aromatic carbocycles. The van der Waals surface area contributed by atoms with Gasteiger partial charge in [-0.1, -0.05) is 64.7 Å². The van der Waals surface area contributed by atoms with Crippen LogP contribution in [0.4, 0.5) is 0 Å². The molecule has 3 unspecified atom stereocenters. The molecule has 0 radical (unpaired) electrons. The van der Waals surface area contributed by atoms with Crippen molar-refractivity contribution in [3.05, 3.63) is 0 Å². The molecule has 0 N–H and O–H groups in total. The van der Waals surface area contributed by atoms with Gasteiger partial charge in [0.15, 0.2) is 0 Å². The number of rotatable bonds is 1. The van der Waals surface area contributed by atoms with Crippen molar-refractivity contribution >= 4 is 0 Å². The summed E-state index contributed by atoms with van der Waals surface area (Å²) in [6, 6.07) is 0. The van der Waals surface area contributed by atoms with E-state index < -0.39 is 0 Å². The summed E-state index contributed by atoms with van der Waals surface area (Å²) >= 11 is 0. The van der Waals surface area contributed by atoms with Gasteiger partial charge in [-0.3, -0.25) is 0 Å². The molecular formula is C15H28. The van der Waals surface area contributed by atoms with Crippen LogP contribution in [0.1, 0.15) is 77.6 Å². The fourth-order valence-electron chi connectivity index (χ4n) is 3.42. The van der Waals surface area contributed by atoms with Crippen molar-refractivity contribution in [2.75, 3.05) is 0 Å². The van der Waals surface area contributed by atoms with Gasteiger partial charge in [-0.2, -0.15) is 0 Å². The normalized spacial score (nSPS) is 38.6. The molecule has 2 aliphatic carbocycles. The van der Waals surface area contributed by atoms with E-state index in [4.69, 9.17) is 0 Å². The van der Waals surface area contributed by atoms with E-state index in [1.54, 1.807) is 19.3 Å². The Morgan fingerprint density at radius 2 is 1.40 bits per heavy atom. The van der Waals surface area contributed by atoms with E-state index >= 15 is 0 Å². The van der Waals surface area contributed by atoms with Crippen LogP contribution in [0, 0.1) is 17.8 Å². The van der Waals surface area contributed by atoms with Crippen LogP contribution in [0.15, 0.2) is 0 Å². The lowest BCUT2D eigenvalue weighted by Gasteiger charge is -2.15. The Hall–Kier alpha value is 0. The lowest BCUT2D eigenvalue weighted by molar-refractivity contribution is 0.373. The van der Waals surface area contributed by atoms with Gasteiger partial charge in [0.05, 0.1) is 0 Å². The summed E-state index contributed by atoms with van der Waals surface area (Å²) in [4.78, 5) is 0. The van der Waals surface area contributed by atoms with Gasteiger partial charge in [0.25, 0.3) is 0 Å². The standard InChI is InChI=1S/C15H28/c1-2-13-9-7-5-3-4-6-8-10-14-12-15(14)11-13/h13-15H,2-12H2,1H3. The van der Waals surface area contributed by atoms with Gasteiger partial charge < -0.3 is 0 Å². The van der Waals surface area contributed by atoms with Crippen LogP contribution in [0.3, 0.4) is 0 Å². The molecule has 0 aromatic rings. The molecule has 3 atom stereocenters. The van der Waals surface area contributed by atoms with Crippen LogP contribution in [0.2, 0.25) is 0 Å². The van der Waals surface area contributed by atoms with Crippen LogP contribution in [0.25, 0.3) is 0 Å². The SMILES string of the molecule is CCC1CCCCCCCCC2CC2C1. The minimum atomic E-state index is 1.07. The first-order chi connectivity index (χ1) is 7.40. The fraction of sp³-hybridized carbons (Fsp3) is 1.00. The second-order valence-electron chi connectivity index (χ2n) is 5.96. The third kappa shape index (κ3) is 3.81. The van der Waals surface area contributed by atoms with Crippen molar-refractivity contribution < 1.29 is 0 Å². The zero-order valence-electron chi connectivity index (χ0n) is 10.5. The van der Waals surface area contributed by atoms with Crippen molar-refractivity contribution in [1.29, 1.82) is 0 Å². The van der Waals surface area contributed by atoms with Crippen molar-refractivity contribution in [3.8, 4) is 0 Å². The van der Waals surface area contributed by atoms with E-state index in [0.29, 0.717) is 0 Å². The third-order valence-electron chi connectivity index (χ3n) is 4.72. The summed E-state index contributed by atoms with van der Waals surface area (Å²) in [6.45, 7) is 2.40.